The van der Waals surface area contributed by atoms with Gasteiger partial charge in [-0.05, 0) is 25.7 Å². The summed E-state index contributed by atoms with van der Waals surface area (Å²) in [5.41, 5.74) is 9.82. The van der Waals surface area contributed by atoms with E-state index in [-0.39, 0.29) is 117 Å². The summed E-state index contributed by atoms with van der Waals surface area (Å²) in [7, 11) is 0. The number of hydrogen-bond acceptors (Lipinski definition) is 10. The minimum absolute atomic E-state index is 0. The third-order valence-corrected chi connectivity index (χ3v) is 1.92. The van der Waals surface area contributed by atoms with E-state index in [4.69, 9.17) is 11.5 Å². The summed E-state index contributed by atoms with van der Waals surface area (Å²) in [5.74, 6) is -5.50. The molecule has 0 aliphatic heterocycles. The van der Waals surface area contributed by atoms with Gasteiger partial charge in [-0.2, -0.15) is 0 Å². The van der Waals surface area contributed by atoms with Gasteiger partial charge in [0.05, 0.1) is 11.9 Å². The first-order valence-corrected chi connectivity index (χ1v) is 5.40. The van der Waals surface area contributed by atoms with Crippen LogP contribution in [0.2, 0.25) is 0 Å². The van der Waals surface area contributed by atoms with E-state index in [1.807, 2.05) is 0 Å². The Morgan fingerprint density at radius 1 is 0.682 bits per heavy atom. The van der Waals surface area contributed by atoms with Crippen LogP contribution in [0.5, 0.6) is 0 Å². The standard InChI is InChI=1S/2C5H9NO4.2Sr/c2*6-3(5(9)10)1-2-4(7)8;;/h2*3H,1-2,6H2,(H,7,8)(H,9,10);;/q;;2*+2/p-4/t3-;;;/m0.../s1. The molecule has 0 aromatic heterocycles. The summed E-state index contributed by atoms with van der Waals surface area (Å²) >= 11 is 0. The molecular formula is C10H14N2O8Sr2. The Balaban J connectivity index is -0.000000135. The molecule has 0 saturated heterocycles. The quantitative estimate of drug-likeness (QED) is 0.323. The maximum absolute atomic E-state index is 9.86. The molecule has 0 bridgehead atoms. The number of carbonyl (C=O) groups excluding carboxylic acids is 4. The molecule has 0 saturated carbocycles. The molecule has 0 radical (unpaired) electrons. The first kappa shape index (κ1) is 30.6. The van der Waals surface area contributed by atoms with Crippen LogP contribution in [0.4, 0.5) is 0 Å². The average molecular weight is 465 g/mol. The normalized spacial score (nSPS) is 11.4. The summed E-state index contributed by atoms with van der Waals surface area (Å²) in [6.07, 6.45) is -1.00. The summed E-state index contributed by atoms with van der Waals surface area (Å²) in [5, 5.41) is 39.2. The van der Waals surface area contributed by atoms with Gasteiger partial charge in [-0.3, -0.25) is 0 Å². The van der Waals surface area contributed by atoms with Crippen LogP contribution in [-0.2, 0) is 19.2 Å². The number of nitrogens with two attached hydrogens (primary N) is 2. The van der Waals surface area contributed by atoms with E-state index in [0.717, 1.165) is 0 Å². The molecular weight excluding hydrogens is 451 g/mol. The van der Waals surface area contributed by atoms with Gasteiger partial charge in [0.2, 0.25) is 0 Å². The van der Waals surface area contributed by atoms with Crippen molar-refractivity contribution in [3.05, 3.63) is 0 Å². The van der Waals surface area contributed by atoms with Gasteiger partial charge >= 0.3 is 91.0 Å². The smallest absolute Gasteiger partial charge is 0.550 e. The minimum atomic E-state index is -1.44. The topological polar surface area (TPSA) is 213 Å². The number of carboxylic acid groups (broad SMARTS) is 4. The second kappa shape index (κ2) is 18.1. The maximum Gasteiger partial charge on any atom is 2.00 e. The third-order valence-electron chi connectivity index (χ3n) is 1.92. The van der Waals surface area contributed by atoms with Crippen molar-refractivity contribution in [2.24, 2.45) is 11.5 Å². The Labute approximate surface area is 200 Å². The fourth-order valence-corrected chi connectivity index (χ4v) is 0.782. The van der Waals surface area contributed by atoms with E-state index in [9.17, 15) is 39.6 Å². The molecule has 0 heterocycles. The summed E-state index contributed by atoms with van der Waals surface area (Å²) in [6, 6.07) is -2.42. The molecule has 22 heavy (non-hydrogen) atoms. The molecule has 0 amide bonds. The second-order valence-corrected chi connectivity index (χ2v) is 3.67. The van der Waals surface area contributed by atoms with Gasteiger partial charge in [0.15, 0.2) is 0 Å². The van der Waals surface area contributed by atoms with Gasteiger partial charge in [0, 0.05) is 24.0 Å². The monoisotopic (exact) mass is 466 g/mol. The van der Waals surface area contributed by atoms with Crippen LogP contribution >= 0.6 is 0 Å². The van der Waals surface area contributed by atoms with Crippen molar-refractivity contribution >= 4 is 115 Å². The average Bonchev–Trinajstić information content (AvgIpc) is 2.33. The predicted molar refractivity (Wildman–Crippen MR) is 66.0 cm³/mol. The van der Waals surface area contributed by atoms with E-state index in [1.54, 1.807) is 0 Å². The van der Waals surface area contributed by atoms with Crippen molar-refractivity contribution in [3.63, 3.8) is 0 Å². The molecule has 0 rings (SSSR count). The molecule has 0 aromatic carbocycles. The van der Waals surface area contributed by atoms with E-state index >= 15 is 0 Å². The molecule has 2 atom stereocenters. The Morgan fingerprint density at radius 3 is 1.05 bits per heavy atom. The van der Waals surface area contributed by atoms with Gasteiger partial charge < -0.3 is 51.1 Å². The summed E-state index contributed by atoms with van der Waals surface area (Å²) < 4.78 is 0. The Kier molecular flexibility index (Phi) is 25.2. The van der Waals surface area contributed by atoms with Crippen molar-refractivity contribution in [1.82, 2.24) is 0 Å². The van der Waals surface area contributed by atoms with Gasteiger partial charge in [0.25, 0.3) is 0 Å². The van der Waals surface area contributed by atoms with Crippen molar-refractivity contribution < 1.29 is 39.6 Å². The van der Waals surface area contributed by atoms with Crippen LogP contribution in [0.15, 0.2) is 0 Å². The van der Waals surface area contributed by atoms with Crippen molar-refractivity contribution in [1.29, 1.82) is 0 Å². The van der Waals surface area contributed by atoms with Gasteiger partial charge in [0.1, 0.15) is 0 Å². The van der Waals surface area contributed by atoms with E-state index in [1.165, 1.54) is 0 Å². The van der Waals surface area contributed by atoms with Crippen LogP contribution in [0, 0.1) is 0 Å². The summed E-state index contributed by atoms with van der Waals surface area (Å²) in [4.78, 5) is 39.2. The zero-order valence-corrected chi connectivity index (χ0v) is 18.8. The number of carboxylic acids is 4. The third kappa shape index (κ3) is 23.0. The molecule has 10 nitrogen and oxygen atoms in total. The van der Waals surface area contributed by atoms with Crippen molar-refractivity contribution in [3.8, 4) is 0 Å². The fraction of sp³-hybridized carbons (Fsp3) is 0.600. The molecule has 4 N–H and O–H groups in total. The Hall–Kier alpha value is 0.761. The van der Waals surface area contributed by atoms with Crippen LogP contribution in [-0.4, -0.2) is 127 Å². The zero-order valence-electron chi connectivity index (χ0n) is 11.8. The number of rotatable bonds is 8. The van der Waals surface area contributed by atoms with E-state index in [0.29, 0.717) is 0 Å². The first-order valence-electron chi connectivity index (χ1n) is 5.40. The van der Waals surface area contributed by atoms with Crippen LogP contribution < -0.4 is 31.9 Å². The second-order valence-electron chi connectivity index (χ2n) is 3.67. The number of carbonyl (C=O) groups is 4. The predicted octanol–water partition coefficient (Wildman–Crippen LogP) is -7.57. The summed E-state index contributed by atoms with van der Waals surface area (Å²) in [6.45, 7) is 0. The van der Waals surface area contributed by atoms with Crippen LogP contribution in [0.3, 0.4) is 0 Å². The molecule has 12 heteroatoms. The van der Waals surface area contributed by atoms with E-state index in [2.05, 4.69) is 0 Å². The van der Waals surface area contributed by atoms with Crippen LogP contribution in [0.25, 0.3) is 0 Å². The number of aliphatic carboxylic acids is 4. The maximum atomic E-state index is 9.86. The largest absolute Gasteiger partial charge is 2.00 e. The van der Waals surface area contributed by atoms with Crippen molar-refractivity contribution in [2.45, 2.75) is 37.8 Å². The van der Waals surface area contributed by atoms with Gasteiger partial charge in [-0.15, -0.1) is 0 Å². The molecule has 0 aliphatic rings. The zero-order chi connectivity index (χ0) is 16.3. The van der Waals surface area contributed by atoms with E-state index < -0.39 is 36.0 Å². The Bertz CT molecular complexity index is 333. The molecule has 0 aromatic rings. The molecule has 116 valence electrons. The fourth-order valence-electron chi connectivity index (χ4n) is 0.782. The van der Waals surface area contributed by atoms with Crippen LogP contribution in [0.1, 0.15) is 25.7 Å². The molecule has 0 aliphatic carbocycles. The molecule has 0 spiro atoms. The first-order chi connectivity index (χ1) is 9.07. The Morgan fingerprint density at radius 2 is 0.909 bits per heavy atom. The molecule has 1 unspecified atom stereocenters. The SMILES string of the molecule is NC(CCC(=O)[O-])C(=O)[O-].N[C@@H](CCC(=O)[O-])C(=O)[O-].[Sr+2].[Sr+2]. The molecule has 0 fully saturated rings. The van der Waals surface area contributed by atoms with Crippen molar-refractivity contribution in [2.75, 3.05) is 0 Å². The van der Waals surface area contributed by atoms with Gasteiger partial charge in [-0.1, -0.05) is 0 Å². The van der Waals surface area contributed by atoms with Gasteiger partial charge in [-0.25, -0.2) is 0 Å². The number of hydrogen-bond donors (Lipinski definition) is 2. The minimum Gasteiger partial charge on any atom is -0.550 e.